The molecule has 1 amide bonds. The summed E-state index contributed by atoms with van der Waals surface area (Å²) in [5.41, 5.74) is 3.60. The SMILES string of the molecule is Cc1[nH]c2ccc(F)cc2c1CC(=O)N(CCN(C)C)Cc1cccnc1. The molecule has 0 radical (unpaired) electrons. The van der Waals surface area contributed by atoms with Crippen LogP contribution < -0.4 is 0 Å². The van der Waals surface area contributed by atoms with E-state index >= 15 is 0 Å². The van der Waals surface area contributed by atoms with Crippen molar-refractivity contribution in [3.63, 3.8) is 0 Å². The van der Waals surface area contributed by atoms with E-state index in [0.29, 0.717) is 13.1 Å². The van der Waals surface area contributed by atoms with Crippen molar-refractivity contribution in [2.75, 3.05) is 27.2 Å². The van der Waals surface area contributed by atoms with Crippen LogP contribution in [-0.2, 0) is 17.8 Å². The summed E-state index contributed by atoms with van der Waals surface area (Å²) in [4.78, 5) is 24.4. The number of nitrogens with zero attached hydrogens (tertiary/aromatic N) is 3. The fourth-order valence-corrected chi connectivity index (χ4v) is 3.17. The van der Waals surface area contributed by atoms with Crippen molar-refractivity contribution in [2.24, 2.45) is 0 Å². The summed E-state index contributed by atoms with van der Waals surface area (Å²) >= 11 is 0. The van der Waals surface area contributed by atoms with Crippen LogP contribution >= 0.6 is 0 Å². The van der Waals surface area contributed by atoms with E-state index < -0.39 is 0 Å². The second-order valence-electron chi connectivity index (χ2n) is 7.08. The number of hydrogen-bond acceptors (Lipinski definition) is 3. The third-order valence-electron chi connectivity index (χ3n) is 4.68. The standard InChI is InChI=1S/C21H25FN4O/c1-15-18(19-11-17(22)6-7-20(19)24-15)12-21(27)26(10-9-25(2)3)14-16-5-4-8-23-13-16/h4-8,11,13,24H,9-10,12,14H2,1-3H3. The second-order valence-corrected chi connectivity index (χ2v) is 7.08. The zero-order valence-electron chi connectivity index (χ0n) is 16.0. The number of halogens is 1. The Morgan fingerprint density at radius 2 is 2.04 bits per heavy atom. The molecule has 1 N–H and O–H groups in total. The summed E-state index contributed by atoms with van der Waals surface area (Å²) in [7, 11) is 3.97. The van der Waals surface area contributed by atoms with Gasteiger partial charge in [-0.1, -0.05) is 6.07 Å². The van der Waals surface area contributed by atoms with Gasteiger partial charge in [-0.05, 0) is 56.4 Å². The lowest BCUT2D eigenvalue weighted by Crippen LogP contribution is -2.37. The van der Waals surface area contributed by atoms with Gasteiger partial charge in [0.15, 0.2) is 0 Å². The Morgan fingerprint density at radius 1 is 1.22 bits per heavy atom. The number of amides is 1. The van der Waals surface area contributed by atoms with Gasteiger partial charge in [-0.2, -0.15) is 0 Å². The fraction of sp³-hybridized carbons (Fsp3) is 0.333. The van der Waals surface area contributed by atoms with Crippen LogP contribution in [0.4, 0.5) is 4.39 Å². The molecule has 0 aliphatic carbocycles. The topological polar surface area (TPSA) is 52.2 Å². The number of aromatic amines is 1. The highest BCUT2D eigenvalue weighted by Crippen LogP contribution is 2.24. The predicted octanol–water partition coefficient (Wildman–Crippen LogP) is 3.14. The van der Waals surface area contributed by atoms with E-state index in [1.165, 1.54) is 12.1 Å². The first-order valence-corrected chi connectivity index (χ1v) is 9.02. The molecule has 0 bridgehead atoms. The highest BCUT2D eigenvalue weighted by Gasteiger charge is 2.19. The predicted molar refractivity (Wildman–Crippen MR) is 105 cm³/mol. The highest BCUT2D eigenvalue weighted by atomic mass is 19.1. The van der Waals surface area contributed by atoms with Crippen molar-refractivity contribution in [3.05, 3.63) is 65.4 Å². The Kier molecular flexibility index (Phi) is 5.86. The molecule has 0 saturated heterocycles. The number of hydrogen-bond donors (Lipinski definition) is 1. The second kappa shape index (κ2) is 8.31. The third kappa shape index (κ3) is 4.71. The molecule has 0 saturated carbocycles. The van der Waals surface area contributed by atoms with E-state index in [1.807, 2.05) is 38.1 Å². The van der Waals surface area contributed by atoms with Crippen LogP contribution in [0.3, 0.4) is 0 Å². The van der Waals surface area contributed by atoms with E-state index in [9.17, 15) is 9.18 Å². The molecule has 0 spiro atoms. The normalized spacial score (nSPS) is 11.3. The van der Waals surface area contributed by atoms with Crippen molar-refractivity contribution in [2.45, 2.75) is 19.9 Å². The van der Waals surface area contributed by atoms with Crippen LogP contribution in [0.15, 0.2) is 42.7 Å². The zero-order valence-corrected chi connectivity index (χ0v) is 16.0. The van der Waals surface area contributed by atoms with E-state index in [2.05, 4.69) is 14.9 Å². The number of aryl methyl sites for hydroxylation is 1. The maximum absolute atomic E-state index is 13.7. The Balaban J connectivity index is 1.83. The van der Waals surface area contributed by atoms with Gasteiger partial charge in [0.2, 0.25) is 5.91 Å². The highest BCUT2D eigenvalue weighted by molar-refractivity contribution is 5.90. The smallest absolute Gasteiger partial charge is 0.227 e. The largest absolute Gasteiger partial charge is 0.358 e. The maximum atomic E-state index is 13.7. The monoisotopic (exact) mass is 368 g/mol. The van der Waals surface area contributed by atoms with Crippen molar-refractivity contribution in [3.8, 4) is 0 Å². The van der Waals surface area contributed by atoms with Gasteiger partial charge in [-0.15, -0.1) is 0 Å². The first-order chi connectivity index (χ1) is 12.9. The minimum atomic E-state index is -0.296. The summed E-state index contributed by atoms with van der Waals surface area (Å²) in [5, 5.41) is 0.773. The Bertz CT molecular complexity index is 921. The third-order valence-corrected chi connectivity index (χ3v) is 4.68. The number of fused-ring (bicyclic) bond motifs is 1. The lowest BCUT2D eigenvalue weighted by Gasteiger charge is -2.24. The molecule has 27 heavy (non-hydrogen) atoms. The molecule has 0 unspecified atom stereocenters. The van der Waals surface area contributed by atoms with Gasteiger partial charge in [-0.3, -0.25) is 9.78 Å². The van der Waals surface area contributed by atoms with Gasteiger partial charge >= 0.3 is 0 Å². The summed E-state index contributed by atoms with van der Waals surface area (Å²) < 4.78 is 13.7. The molecule has 2 heterocycles. The van der Waals surface area contributed by atoms with Crippen molar-refractivity contribution < 1.29 is 9.18 Å². The molecule has 5 nitrogen and oxygen atoms in total. The molecule has 3 rings (SSSR count). The van der Waals surface area contributed by atoms with Crippen LogP contribution in [0.1, 0.15) is 16.8 Å². The Morgan fingerprint density at radius 3 is 2.74 bits per heavy atom. The van der Waals surface area contributed by atoms with Crippen LogP contribution in [0.5, 0.6) is 0 Å². The average Bonchev–Trinajstić information content (AvgIpc) is 2.94. The number of carbonyl (C=O) groups is 1. The van der Waals surface area contributed by atoms with Gasteiger partial charge in [0.05, 0.1) is 6.42 Å². The molecular formula is C21H25FN4O. The van der Waals surface area contributed by atoms with Crippen LogP contribution in [0, 0.1) is 12.7 Å². The number of H-pyrrole nitrogens is 1. The molecule has 0 fully saturated rings. The molecule has 0 atom stereocenters. The van der Waals surface area contributed by atoms with Gasteiger partial charge < -0.3 is 14.8 Å². The summed E-state index contributed by atoms with van der Waals surface area (Å²) in [6.45, 7) is 3.83. The molecule has 2 aromatic heterocycles. The van der Waals surface area contributed by atoms with Gasteiger partial charge in [0.1, 0.15) is 5.82 Å². The summed E-state index contributed by atoms with van der Waals surface area (Å²) in [6, 6.07) is 8.47. The number of nitrogens with one attached hydrogen (secondary N) is 1. The minimum Gasteiger partial charge on any atom is -0.358 e. The molecule has 6 heteroatoms. The summed E-state index contributed by atoms with van der Waals surface area (Å²) in [5.74, 6) is -0.274. The lowest BCUT2D eigenvalue weighted by molar-refractivity contribution is -0.131. The molecule has 0 aliphatic heterocycles. The van der Waals surface area contributed by atoms with E-state index in [4.69, 9.17) is 0 Å². The van der Waals surface area contributed by atoms with Crippen LogP contribution in [0.2, 0.25) is 0 Å². The maximum Gasteiger partial charge on any atom is 0.227 e. The number of rotatable bonds is 7. The minimum absolute atomic E-state index is 0.0222. The van der Waals surface area contributed by atoms with Crippen LogP contribution in [-0.4, -0.2) is 52.9 Å². The van der Waals surface area contributed by atoms with Crippen molar-refractivity contribution >= 4 is 16.8 Å². The average molecular weight is 368 g/mol. The zero-order chi connectivity index (χ0) is 19.4. The van der Waals surface area contributed by atoms with E-state index in [0.717, 1.165) is 34.3 Å². The molecule has 1 aromatic carbocycles. The van der Waals surface area contributed by atoms with Crippen molar-refractivity contribution in [1.29, 1.82) is 0 Å². The van der Waals surface area contributed by atoms with Crippen LogP contribution in [0.25, 0.3) is 10.9 Å². The van der Waals surface area contributed by atoms with Gasteiger partial charge in [0, 0.05) is 48.6 Å². The number of pyridine rings is 1. The van der Waals surface area contributed by atoms with E-state index in [1.54, 1.807) is 18.5 Å². The summed E-state index contributed by atoms with van der Waals surface area (Å²) in [6.07, 6.45) is 3.74. The molecule has 3 aromatic rings. The fourth-order valence-electron chi connectivity index (χ4n) is 3.17. The van der Waals surface area contributed by atoms with Gasteiger partial charge in [-0.25, -0.2) is 4.39 Å². The molecular weight excluding hydrogens is 343 g/mol. The van der Waals surface area contributed by atoms with E-state index in [-0.39, 0.29) is 18.1 Å². The van der Waals surface area contributed by atoms with Gasteiger partial charge in [0.25, 0.3) is 0 Å². The number of aromatic nitrogens is 2. The number of benzene rings is 1. The first-order valence-electron chi connectivity index (χ1n) is 9.02. The molecule has 142 valence electrons. The first kappa shape index (κ1) is 19.0. The molecule has 0 aliphatic rings. The Hall–Kier alpha value is -2.73. The Labute approximate surface area is 158 Å². The number of carbonyl (C=O) groups excluding carboxylic acids is 1. The lowest BCUT2D eigenvalue weighted by atomic mass is 10.1. The quantitative estimate of drug-likeness (QED) is 0.697. The van der Waals surface area contributed by atoms with Crippen molar-refractivity contribution in [1.82, 2.24) is 19.8 Å². The number of likely N-dealkylation sites (N-methyl/N-ethyl adjacent to an activating group) is 1.